The molecule has 0 spiro atoms. The normalized spacial score (nSPS) is 10.1. The quantitative estimate of drug-likeness (QED) is 0.713. The van der Waals surface area contributed by atoms with Gasteiger partial charge in [0.1, 0.15) is 0 Å². The second-order valence-corrected chi connectivity index (χ2v) is 4.89. The molecule has 0 aliphatic rings. The summed E-state index contributed by atoms with van der Waals surface area (Å²) < 4.78 is 0. The van der Waals surface area contributed by atoms with Crippen molar-refractivity contribution in [3.8, 4) is 22.8 Å². The van der Waals surface area contributed by atoms with Crippen LogP contribution in [-0.4, -0.2) is 15.0 Å². The molecular formula is C19H16N4. The maximum atomic E-state index is 4.59. The van der Waals surface area contributed by atoms with Crippen molar-refractivity contribution in [1.29, 1.82) is 0 Å². The van der Waals surface area contributed by atoms with Crippen molar-refractivity contribution in [2.45, 2.75) is 0 Å². The number of hydrogen-bond acceptors (Lipinski definition) is 4. The van der Waals surface area contributed by atoms with E-state index in [1.165, 1.54) is 0 Å². The summed E-state index contributed by atoms with van der Waals surface area (Å²) in [5, 5.41) is 3.04. The molecule has 0 saturated carbocycles. The first-order valence-corrected chi connectivity index (χ1v) is 7.21. The molecule has 0 radical (unpaired) electrons. The largest absolute Gasteiger partial charge is 0.325 e. The van der Waals surface area contributed by atoms with Crippen molar-refractivity contribution in [1.82, 2.24) is 15.0 Å². The molecular weight excluding hydrogens is 284 g/mol. The van der Waals surface area contributed by atoms with Gasteiger partial charge in [-0.2, -0.15) is 9.97 Å². The lowest BCUT2D eigenvalue weighted by Gasteiger charge is -2.09. The molecule has 0 saturated heterocycles. The van der Waals surface area contributed by atoms with Crippen LogP contribution in [-0.2, 0) is 0 Å². The minimum Gasteiger partial charge on any atom is -0.325 e. The summed E-state index contributed by atoms with van der Waals surface area (Å²) in [7, 11) is 0. The Labute approximate surface area is 135 Å². The maximum Gasteiger partial charge on any atom is 0.231 e. The summed E-state index contributed by atoms with van der Waals surface area (Å²) in [6.45, 7) is 7.53. The summed E-state index contributed by atoms with van der Waals surface area (Å²) in [5.74, 6) is 1.67. The van der Waals surface area contributed by atoms with E-state index in [0.717, 1.165) is 11.1 Å². The summed E-state index contributed by atoms with van der Waals surface area (Å²) in [6, 6.07) is 19.6. The second-order valence-electron chi connectivity index (χ2n) is 4.89. The van der Waals surface area contributed by atoms with E-state index in [2.05, 4.69) is 33.4 Å². The molecule has 3 aromatic rings. The van der Waals surface area contributed by atoms with Gasteiger partial charge in [-0.05, 0) is 6.08 Å². The molecule has 0 aliphatic heterocycles. The molecule has 23 heavy (non-hydrogen) atoms. The van der Waals surface area contributed by atoms with E-state index in [4.69, 9.17) is 0 Å². The lowest BCUT2D eigenvalue weighted by molar-refractivity contribution is 1.06. The average Bonchev–Trinajstić information content (AvgIpc) is 2.63. The van der Waals surface area contributed by atoms with Gasteiger partial charge in [-0.15, -0.1) is 0 Å². The Kier molecular flexibility index (Phi) is 4.25. The van der Waals surface area contributed by atoms with Crippen LogP contribution < -0.4 is 5.32 Å². The molecule has 0 aliphatic carbocycles. The Hall–Kier alpha value is -3.27. The minimum absolute atomic E-state index is 0.447. The summed E-state index contributed by atoms with van der Waals surface area (Å²) in [5.41, 5.74) is 2.49. The van der Waals surface area contributed by atoms with Crippen molar-refractivity contribution in [3.05, 3.63) is 85.6 Å². The third kappa shape index (κ3) is 3.49. The Morgan fingerprint density at radius 2 is 1.26 bits per heavy atom. The molecule has 1 N–H and O–H groups in total. The highest BCUT2D eigenvalue weighted by Crippen LogP contribution is 2.21. The lowest BCUT2D eigenvalue weighted by Crippen LogP contribution is -2.05. The number of anilines is 1. The zero-order valence-electron chi connectivity index (χ0n) is 12.6. The van der Waals surface area contributed by atoms with Crippen molar-refractivity contribution >= 4 is 5.95 Å². The molecule has 112 valence electrons. The van der Waals surface area contributed by atoms with Crippen LogP contribution in [0.4, 0.5) is 5.95 Å². The van der Waals surface area contributed by atoms with Gasteiger partial charge in [0.15, 0.2) is 11.6 Å². The molecule has 1 aromatic heterocycles. The molecule has 0 fully saturated rings. The van der Waals surface area contributed by atoms with Crippen LogP contribution in [0.5, 0.6) is 0 Å². The first kappa shape index (κ1) is 14.7. The lowest BCUT2D eigenvalue weighted by atomic mass is 10.2. The Bertz CT molecular complexity index is 769. The zero-order valence-corrected chi connectivity index (χ0v) is 12.6. The Balaban J connectivity index is 2.11. The summed E-state index contributed by atoms with van der Waals surface area (Å²) >= 11 is 0. The number of aromatic nitrogens is 3. The van der Waals surface area contributed by atoms with E-state index < -0.39 is 0 Å². The van der Waals surface area contributed by atoms with Gasteiger partial charge in [-0.25, -0.2) is 4.98 Å². The first-order valence-electron chi connectivity index (χ1n) is 7.21. The number of rotatable bonds is 5. The highest BCUT2D eigenvalue weighted by atomic mass is 15.2. The minimum atomic E-state index is 0.447. The van der Waals surface area contributed by atoms with Crippen LogP contribution in [0.2, 0.25) is 0 Å². The fraction of sp³-hybridized carbons (Fsp3) is 0. The predicted molar refractivity (Wildman–Crippen MR) is 93.7 cm³/mol. The zero-order chi connectivity index (χ0) is 16.1. The summed E-state index contributed by atoms with van der Waals surface area (Å²) in [4.78, 5) is 13.5. The second kappa shape index (κ2) is 6.66. The molecule has 0 atom stereocenters. The van der Waals surface area contributed by atoms with Crippen molar-refractivity contribution in [3.63, 3.8) is 0 Å². The van der Waals surface area contributed by atoms with Crippen LogP contribution >= 0.6 is 0 Å². The first-order chi connectivity index (χ1) is 11.3. The van der Waals surface area contributed by atoms with E-state index in [1.807, 2.05) is 60.7 Å². The predicted octanol–water partition coefficient (Wildman–Crippen LogP) is 4.32. The van der Waals surface area contributed by atoms with Crippen molar-refractivity contribution in [2.24, 2.45) is 0 Å². The van der Waals surface area contributed by atoms with E-state index in [0.29, 0.717) is 23.3 Å². The van der Waals surface area contributed by atoms with Crippen LogP contribution in [0.25, 0.3) is 22.8 Å². The summed E-state index contributed by atoms with van der Waals surface area (Å²) in [6.07, 6.45) is 1.62. The van der Waals surface area contributed by atoms with Crippen LogP contribution in [0.1, 0.15) is 0 Å². The van der Waals surface area contributed by atoms with Gasteiger partial charge < -0.3 is 5.32 Å². The van der Waals surface area contributed by atoms with E-state index in [9.17, 15) is 0 Å². The number of allylic oxidation sites excluding steroid dienone is 1. The smallest absolute Gasteiger partial charge is 0.231 e. The molecule has 2 aromatic carbocycles. The SMILES string of the molecule is C=CC(=C)Nc1nc(-c2ccccc2)nc(-c2ccccc2)n1. The highest BCUT2D eigenvalue weighted by Gasteiger charge is 2.10. The highest BCUT2D eigenvalue weighted by molar-refractivity contribution is 5.63. The third-order valence-electron chi connectivity index (χ3n) is 3.22. The maximum absolute atomic E-state index is 4.59. The number of hydrogen-bond donors (Lipinski definition) is 1. The number of benzene rings is 2. The van der Waals surface area contributed by atoms with Gasteiger partial charge in [-0.3, -0.25) is 0 Å². The fourth-order valence-corrected chi connectivity index (χ4v) is 2.06. The van der Waals surface area contributed by atoms with Crippen LogP contribution in [0.15, 0.2) is 85.6 Å². The van der Waals surface area contributed by atoms with Gasteiger partial charge in [0.25, 0.3) is 0 Å². The van der Waals surface area contributed by atoms with Gasteiger partial charge in [-0.1, -0.05) is 73.8 Å². The van der Waals surface area contributed by atoms with Crippen molar-refractivity contribution in [2.75, 3.05) is 5.32 Å². The number of nitrogens with zero attached hydrogens (tertiary/aromatic N) is 3. The molecule has 4 nitrogen and oxygen atoms in total. The Morgan fingerprint density at radius 1 is 0.783 bits per heavy atom. The molecule has 0 unspecified atom stereocenters. The molecule has 0 bridgehead atoms. The van der Waals surface area contributed by atoms with Gasteiger partial charge in [0, 0.05) is 16.8 Å². The standard InChI is InChI=1S/C19H16N4/c1-3-14(2)20-19-22-17(15-10-6-4-7-11-15)21-18(23-19)16-12-8-5-9-13-16/h3-13H,1-2H2,(H,20,21,22,23). The van der Waals surface area contributed by atoms with Crippen LogP contribution in [0, 0.1) is 0 Å². The monoisotopic (exact) mass is 300 g/mol. The van der Waals surface area contributed by atoms with Gasteiger partial charge in [0.05, 0.1) is 0 Å². The van der Waals surface area contributed by atoms with Gasteiger partial charge >= 0.3 is 0 Å². The topological polar surface area (TPSA) is 50.7 Å². The van der Waals surface area contributed by atoms with Crippen molar-refractivity contribution < 1.29 is 0 Å². The molecule has 4 heteroatoms. The third-order valence-corrected chi connectivity index (χ3v) is 3.22. The fourth-order valence-electron chi connectivity index (χ4n) is 2.06. The molecule has 1 heterocycles. The molecule has 3 rings (SSSR count). The van der Waals surface area contributed by atoms with E-state index in [1.54, 1.807) is 6.08 Å². The van der Waals surface area contributed by atoms with Crippen LogP contribution in [0.3, 0.4) is 0 Å². The van der Waals surface area contributed by atoms with Gasteiger partial charge in [0.2, 0.25) is 5.95 Å². The average molecular weight is 300 g/mol. The Morgan fingerprint density at radius 3 is 1.70 bits per heavy atom. The van der Waals surface area contributed by atoms with E-state index in [-0.39, 0.29) is 0 Å². The van der Waals surface area contributed by atoms with E-state index >= 15 is 0 Å². The molecule has 0 amide bonds. The number of nitrogens with one attached hydrogen (secondary N) is 1.